The number of quaternary nitrogens is 2. The lowest BCUT2D eigenvalue weighted by molar-refractivity contribution is -1.02. The second-order valence-corrected chi connectivity index (χ2v) is 7.77. The molecule has 3 nitrogen and oxygen atoms in total. The number of allylic oxidation sites excluding steroid dienone is 2. The number of fused-ring (bicyclic) bond motifs is 2. The molecular weight excluding hydrogens is 284 g/mol. The Morgan fingerprint density at radius 1 is 1.04 bits per heavy atom. The van der Waals surface area contributed by atoms with Crippen LogP contribution in [0.1, 0.15) is 18.4 Å². The van der Waals surface area contributed by atoms with E-state index < -0.39 is 0 Å². The molecular formula is C20H30N2O+2. The van der Waals surface area contributed by atoms with Crippen LogP contribution in [0.5, 0.6) is 5.75 Å². The first-order chi connectivity index (χ1) is 11.3. The summed E-state index contributed by atoms with van der Waals surface area (Å²) in [7, 11) is 1.75. The molecule has 0 unspecified atom stereocenters. The molecule has 23 heavy (non-hydrogen) atoms. The molecule has 1 aromatic carbocycles. The Morgan fingerprint density at radius 3 is 2.57 bits per heavy atom. The maximum atomic E-state index is 5.34. The van der Waals surface area contributed by atoms with Gasteiger partial charge >= 0.3 is 0 Å². The lowest BCUT2D eigenvalue weighted by atomic mass is 9.93. The summed E-state index contributed by atoms with van der Waals surface area (Å²) in [6.45, 7) is 7.86. The second-order valence-electron chi connectivity index (χ2n) is 7.77. The third kappa shape index (κ3) is 3.46. The van der Waals surface area contributed by atoms with E-state index in [1.165, 1.54) is 51.1 Å². The van der Waals surface area contributed by atoms with E-state index in [0.29, 0.717) is 0 Å². The standard InChI is InChI=1S/C20H28N2O/c1-23-20-4-2-3-17(13-20)14-21-7-9-22(10-8-21)15-19-12-16-5-6-18(19)11-16/h2-6,13,16,18-19H,7-12,14-15H2,1H3/p+2/t16-,18+,19-/m1/s1. The van der Waals surface area contributed by atoms with Gasteiger partial charge in [-0.25, -0.2) is 0 Å². The average molecular weight is 314 g/mol. The minimum absolute atomic E-state index is 0.912. The Balaban J connectivity index is 1.25. The molecule has 3 aliphatic rings. The van der Waals surface area contributed by atoms with E-state index in [4.69, 9.17) is 4.74 Å². The third-order valence-corrected chi connectivity index (χ3v) is 6.22. The van der Waals surface area contributed by atoms with Gasteiger partial charge in [0.25, 0.3) is 0 Å². The molecule has 1 saturated heterocycles. The molecule has 2 N–H and O–H groups in total. The minimum Gasteiger partial charge on any atom is -0.497 e. The number of benzene rings is 1. The van der Waals surface area contributed by atoms with Crippen LogP contribution >= 0.6 is 0 Å². The number of piperazine rings is 1. The molecule has 3 atom stereocenters. The highest BCUT2D eigenvalue weighted by Crippen LogP contribution is 2.42. The third-order valence-electron chi connectivity index (χ3n) is 6.22. The number of rotatable bonds is 5. The summed E-state index contributed by atoms with van der Waals surface area (Å²) < 4.78 is 5.34. The predicted octanol–water partition coefficient (Wildman–Crippen LogP) is 0.191. The highest BCUT2D eigenvalue weighted by atomic mass is 16.5. The van der Waals surface area contributed by atoms with Crippen LogP contribution in [-0.2, 0) is 6.54 Å². The maximum absolute atomic E-state index is 5.34. The van der Waals surface area contributed by atoms with Gasteiger partial charge in [0.1, 0.15) is 38.5 Å². The first kappa shape index (κ1) is 15.2. The zero-order valence-corrected chi connectivity index (χ0v) is 14.3. The zero-order valence-electron chi connectivity index (χ0n) is 14.3. The van der Waals surface area contributed by atoms with Crippen molar-refractivity contribution in [3.63, 3.8) is 0 Å². The fraction of sp³-hybridized carbons (Fsp3) is 0.600. The summed E-state index contributed by atoms with van der Waals surface area (Å²) in [6.07, 6.45) is 7.88. The van der Waals surface area contributed by atoms with Crippen molar-refractivity contribution >= 4 is 0 Å². The van der Waals surface area contributed by atoms with Crippen molar-refractivity contribution in [2.75, 3.05) is 39.8 Å². The summed E-state index contributed by atoms with van der Waals surface area (Å²) >= 11 is 0. The SMILES string of the molecule is COc1cccc(C[NH+]2CC[NH+](C[C@H]3C[C@@H]4C=C[C@H]3C4)CC2)c1. The van der Waals surface area contributed by atoms with Gasteiger partial charge in [0, 0.05) is 11.5 Å². The van der Waals surface area contributed by atoms with E-state index in [1.54, 1.807) is 12.0 Å². The highest BCUT2D eigenvalue weighted by molar-refractivity contribution is 5.27. The van der Waals surface area contributed by atoms with E-state index in [-0.39, 0.29) is 0 Å². The molecule has 1 aliphatic heterocycles. The molecule has 124 valence electrons. The number of hydrogen-bond donors (Lipinski definition) is 2. The molecule has 2 bridgehead atoms. The van der Waals surface area contributed by atoms with Crippen molar-refractivity contribution in [3.05, 3.63) is 42.0 Å². The zero-order chi connectivity index (χ0) is 15.6. The fourth-order valence-electron chi connectivity index (χ4n) is 4.91. The molecule has 0 aromatic heterocycles. The van der Waals surface area contributed by atoms with Crippen LogP contribution in [-0.4, -0.2) is 39.8 Å². The van der Waals surface area contributed by atoms with Crippen LogP contribution in [0.25, 0.3) is 0 Å². The van der Waals surface area contributed by atoms with Crippen LogP contribution in [0.4, 0.5) is 0 Å². The Morgan fingerprint density at radius 2 is 1.87 bits per heavy atom. The molecule has 1 aromatic rings. The van der Waals surface area contributed by atoms with Crippen molar-refractivity contribution in [1.29, 1.82) is 0 Å². The van der Waals surface area contributed by atoms with Crippen molar-refractivity contribution in [3.8, 4) is 5.75 Å². The predicted molar refractivity (Wildman–Crippen MR) is 91.8 cm³/mol. The highest BCUT2D eigenvalue weighted by Gasteiger charge is 2.38. The normalized spacial score (nSPS) is 35.6. The summed E-state index contributed by atoms with van der Waals surface area (Å²) in [5.74, 6) is 3.79. The number of methoxy groups -OCH3 is 1. The summed E-state index contributed by atoms with van der Waals surface area (Å²) in [5.41, 5.74) is 1.40. The average Bonchev–Trinajstić information content (AvgIpc) is 3.20. The molecule has 4 rings (SSSR count). The first-order valence-electron chi connectivity index (χ1n) is 9.28. The Bertz CT molecular complexity index is 563. The van der Waals surface area contributed by atoms with Crippen LogP contribution in [0.15, 0.2) is 36.4 Å². The molecule has 2 fully saturated rings. The van der Waals surface area contributed by atoms with Crippen LogP contribution < -0.4 is 14.5 Å². The van der Waals surface area contributed by atoms with Gasteiger partial charge in [-0.1, -0.05) is 24.3 Å². The lowest BCUT2D eigenvalue weighted by Gasteiger charge is -2.32. The summed E-state index contributed by atoms with van der Waals surface area (Å²) in [5, 5.41) is 0. The second kappa shape index (κ2) is 6.66. The molecule has 0 radical (unpaired) electrons. The van der Waals surface area contributed by atoms with Gasteiger partial charge in [0.05, 0.1) is 13.7 Å². The Kier molecular flexibility index (Phi) is 4.41. The van der Waals surface area contributed by atoms with E-state index in [9.17, 15) is 0 Å². The van der Waals surface area contributed by atoms with E-state index in [1.807, 2.05) is 11.0 Å². The van der Waals surface area contributed by atoms with Crippen molar-refractivity contribution < 1.29 is 14.5 Å². The minimum atomic E-state index is 0.912. The van der Waals surface area contributed by atoms with E-state index in [2.05, 4.69) is 30.4 Å². The van der Waals surface area contributed by atoms with Gasteiger partial charge in [0.2, 0.25) is 0 Å². The fourth-order valence-corrected chi connectivity index (χ4v) is 4.91. The van der Waals surface area contributed by atoms with Crippen LogP contribution in [0.2, 0.25) is 0 Å². The van der Waals surface area contributed by atoms with E-state index >= 15 is 0 Å². The van der Waals surface area contributed by atoms with Gasteiger partial charge in [0.15, 0.2) is 0 Å². The molecule has 3 heteroatoms. The summed E-state index contributed by atoms with van der Waals surface area (Å²) in [6, 6.07) is 8.56. The molecule has 0 amide bonds. The number of hydrogen-bond acceptors (Lipinski definition) is 1. The van der Waals surface area contributed by atoms with Crippen molar-refractivity contribution in [2.24, 2.45) is 17.8 Å². The van der Waals surface area contributed by atoms with Crippen molar-refractivity contribution in [1.82, 2.24) is 0 Å². The molecule has 1 saturated carbocycles. The van der Waals surface area contributed by atoms with Crippen molar-refractivity contribution in [2.45, 2.75) is 19.4 Å². The van der Waals surface area contributed by atoms with Gasteiger partial charge < -0.3 is 14.5 Å². The molecule has 2 aliphatic carbocycles. The van der Waals surface area contributed by atoms with Gasteiger partial charge in [-0.3, -0.25) is 0 Å². The van der Waals surface area contributed by atoms with E-state index in [0.717, 1.165) is 30.0 Å². The molecule has 0 spiro atoms. The Labute approximate surface area is 139 Å². The molecule has 1 heterocycles. The number of ether oxygens (including phenoxy) is 1. The van der Waals surface area contributed by atoms with Gasteiger partial charge in [-0.2, -0.15) is 0 Å². The van der Waals surface area contributed by atoms with Gasteiger partial charge in [-0.05, 0) is 36.8 Å². The Hall–Kier alpha value is -1.32. The lowest BCUT2D eigenvalue weighted by Crippen LogP contribution is -3.27. The quantitative estimate of drug-likeness (QED) is 0.743. The largest absolute Gasteiger partial charge is 0.497 e. The van der Waals surface area contributed by atoms with Gasteiger partial charge in [-0.15, -0.1) is 0 Å². The topological polar surface area (TPSA) is 18.1 Å². The number of nitrogens with one attached hydrogen (secondary N) is 2. The smallest absolute Gasteiger partial charge is 0.127 e. The van der Waals surface area contributed by atoms with Crippen LogP contribution in [0.3, 0.4) is 0 Å². The monoisotopic (exact) mass is 314 g/mol. The first-order valence-corrected chi connectivity index (χ1v) is 9.28. The maximum Gasteiger partial charge on any atom is 0.127 e. The summed E-state index contributed by atoms with van der Waals surface area (Å²) in [4.78, 5) is 3.58. The van der Waals surface area contributed by atoms with Crippen LogP contribution in [0, 0.1) is 17.8 Å².